The van der Waals surface area contributed by atoms with E-state index in [1.54, 1.807) is 6.20 Å². The number of fused-ring (bicyclic) bond motifs is 2. The molecule has 0 aliphatic heterocycles. The molecule has 1 fully saturated rings. The molecular weight excluding hydrogens is 452 g/mol. The zero-order chi connectivity index (χ0) is 25.2. The molecule has 186 valence electrons. The number of para-hydroxylation sites is 2. The van der Waals surface area contributed by atoms with Crippen molar-refractivity contribution in [2.24, 2.45) is 13.0 Å². The highest BCUT2D eigenvalue weighted by molar-refractivity contribution is 6.45. The molecule has 0 bridgehead atoms. The van der Waals surface area contributed by atoms with Crippen molar-refractivity contribution in [2.75, 3.05) is 30.9 Å². The lowest BCUT2D eigenvalue weighted by Crippen LogP contribution is -2.37. The monoisotopic (exact) mass is 484 g/mol. The topological polar surface area (TPSA) is 92.2 Å². The summed E-state index contributed by atoms with van der Waals surface area (Å²) in [5.41, 5.74) is 2.31. The van der Waals surface area contributed by atoms with E-state index in [9.17, 15) is 9.59 Å². The van der Waals surface area contributed by atoms with Crippen molar-refractivity contribution in [2.45, 2.75) is 31.7 Å². The smallest absolute Gasteiger partial charge is 0.292 e. The van der Waals surface area contributed by atoms with Crippen LogP contribution in [-0.4, -0.2) is 52.9 Å². The van der Waals surface area contributed by atoms with Crippen LogP contribution >= 0.6 is 0 Å². The molecule has 1 amide bonds. The van der Waals surface area contributed by atoms with E-state index in [2.05, 4.69) is 10.6 Å². The van der Waals surface area contributed by atoms with Crippen molar-refractivity contribution in [3.05, 3.63) is 60.3 Å². The first kappa shape index (κ1) is 23.8. The van der Waals surface area contributed by atoms with Gasteiger partial charge in [-0.2, -0.15) is 4.98 Å². The molecule has 0 atom stereocenters. The van der Waals surface area contributed by atoms with Gasteiger partial charge < -0.3 is 20.1 Å². The Hall–Kier alpha value is -3.94. The third kappa shape index (κ3) is 4.76. The number of aromatic nitrogens is 3. The maximum atomic E-state index is 12.8. The van der Waals surface area contributed by atoms with Crippen LogP contribution in [0.15, 0.2) is 54.7 Å². The number of carbonyl (C=O) groups is 2. The van der Waals surface area contributed by atoms with E-state index in [1.165, 1.54) is 0 Å². The molecule has 2 aromatic carbocycles. The van der Waals surface area contributed by atoms with E-state index in [1.807, 2.05) is 79.1 Å². The maximum Gasteiger partial charge on any atom is 0.292 e. The summed E-state index contributed by atoms with van der Waals surface area (Å²) in [5, 5.41) is 8.24. The first-order valence-corrected chi connectivity index (χ1v) is 12.5. The van der Waals surface area contributed by atoms with Gasteiger partial charge in [0.1, 0.15) is 5.82 Å². The van der Waals surface area contributed by atoms with Gasteiger partial charge in [0.2, 0.25) is 5.95 Å². The summed E-state index contributed by atoms with van der Waals surface area (Å²) in [5.74, 6) is 0.882. The van der Waals surface area contributed by atoms with Crippen molar-refractivity contribution in [3.63, 3.8) is 0 Å². The number of anilines is 2. The predicted octanol–water partition coefficient (Wildman–Crippen LogP) is 4.16. The number of amides is 1. The Morgan fingerprint density at radius 1 is 0.972 bits per heavy atom. The van der Waals surface area contributed by atoms with Crippen LogP contribution in [0.5, 0.6) is 0 Å². The van der Waals surface area contributed by atoms with Crippen LogP contribution in [0.25, 0.3) is 21.8 Å². The molecule has 0 radical (unpaired) electrons. The summed E-state index contributed by atoms with van der Waals surface area (Å²) < 4.78 is 1.88. The van der Waals surface area contributed by atoms with Crippen LogP contribution in [0.1, 0.15) is 36.0 Å². The van der Waals surface area contributed by atoms with Crippen LogP contribution in [-0.2, 0) is 11.8 Å². The maximum absolute atomic E-state index is 12.8. The highest BCUT2D eigenvalue weighted by Gasteiger charge is 2.25. The molecule has 1 saturated carbocycles. The number of carbonyl (C=O) groups excluding carboxylic acids is 2. The van der Waals surface area contributed by atoms with Gasteiger partial charge in [0.15, 0.2) is 0 Å². The fourth-order valence-electron chi connectivity index (χ4n) is 5.12. The van der Waals surface area contributed by atoms with E-state index < -0.39 is 11.7 Å². The number of aryl methyl sites for hydroxylation is 1. The Labute approximate surface area is 210 Å². The zero-order valence-corrected chi connectivity index (χ0v) is 21.0. The van der Waals surface area contributed by atoms with Crippen LogP contribution in [0.3, 0.4) is 0 Å². The lowest BCUT2D eigenvalue weighted by Gasteiger charge is -2.29. The standard InChI is InChI=1S/C28H32N6O2/c1-33(2)26-21-9-4-6-10-23(21)31-28(32-26)30-19-14-12-18(13-15-19)16-29-27(36)25(35)22-17-34(3)24-11-7-5-8-20(22)24/h4-11,17-19H,12-16H2,1-3H3,(H,29,36)(H,30,31,32)/t18-,19+. The van der Waals surface area contributed by atoms with Gasteiger partial charge in [0.25, 0.3) is 11.7 Å². The quantitative estimate of drug-likeness (QED) is 0.302. The molecule has 4 aromatic rings. The summed E-state index contributed by atoms with van der Waals surface area (Å²) in [7, 11) is 5.86. The van der Waals surface area contributed by atoms with Crippen molar-refractivity contribution < 1.29 is 9.59 Å². The molecule has 0 saturated heterocycles. The highest BCUT2D eigenvalue weighted by atomic mass is 16.2. The van der Waals surface area contributed by atoms with Crippen molar-refractivity contribution in [1.82, 2.24) is 19.9 Å². The lowest BCUT2D eigenvalue weighted by molar-refractivity contribution is -0.117. The molecule has 8 heteroatoms. The van der Waals surface area contributed by atoms with Gasteiger partial charge >= 0.3 is 0 Å². The van der Waals surface area contributed by atoms with Crippen molar-refractivity contribution >= 4 is 45.3 Å². The van der Waals surface area contributed by atoms with Gasteiger partial charge in [-0.15, -0.1) is 0 Å². The summed E-state index contributed by atoms with van der Waals surface area (Å²) >= 11 is 0. The summed E-state index contributed by atoms with van der Waals surface area (Å²) in [6.07, 6.45) is 5.60. The molecule has 2 N–H and O–H groups in total. The summed E-state index contributed by atoms with van der Waals surface area (Å²) in [4.78, 5) is 36.9. The average Bonchev–Trinajstić information content (AvgIpc) is 3.23. The Bertz CT molecular complexity index is 1420. The molecule has 2 aromatic heterocycles. The van der Waals surface area contributed by atoms with Gasteiger partial charge in [-0.3, -0.25) is 9.59 Å². The Kier molecular flexibility index (Phi) is 6.59. The first-order valence-electron chi connectivity index (χ1n) is 12.5. The zero-order valence-electron chi connectivity index (χ0n) is 21.0. The third-order valence-electron chi connectivity index (χ3n) is 7.09. The largest absolute Gasteiger partial charge is 0.362 e. The number of Topliss-reactive ketones (excluding diaryl/α,β-unsaturated/α-hetero) is 1. The van der Waals surface area contributed by atoms with Gasteiger partial charge in [0, 0.05) is 56.2 Å². The Morgan fingerprint density at radius 3 is 2.42 bits per heavy atom. The third-order valence-corrected chi connectivity index (χ3v) is 7.09. The highest BCUT2D eigenvalue weighted by Crippen LogP contribution is 2.28. The second-order valence-corrected chi connectivity index (χ2v) is 9.85. The molecule has 2 heterocycles. The molecule has 8 nitrogen and oxygen atoms in total. The van der Waals surface area contributed by atoms with Gasteiger partial charge in [-0.25, -0.2) is 4.98 Å². The van der Waals surface area contributed by atoms with Crippen molar-refractivity contribution in [1.29, 1.82) is 0 Å². The lowest BCUT2D eigenvalue weighted by atomic mass is 9.86. The van der Waals surface area contributed by atoms with Gasteiger partial charge in [-0.05, 0) is 49.8 Å². The number of benzene rings is 2. The second kappa shape index (κ2) is 9.97. The minimum absolute atomic E-state index is 0.283. The van der Waals surface area contributed by atoms with Gasteiger partial charge in [0.05, 0.1) is 11.1 Å². The van der Waals surface area contributed by atoms with E-state index in [0.717, 1.165) is 53.3 Å². The minimum atomic E-state index is -0.535. The molecule has 1 aliphatic carbocycles. The number of nitrogens with zero attached hydrogens (tertiary/aromatic N) is 4. The van der Waals surface area contributed by atoms with E-state index in [0.29, 0.717) is 24.0 Å². The number of ketones is 1. The molecule has 0 unspecified atom stereocenters. The van der Waals surface area contributed by atoms with Gasteiger partial charge in [-0.1, -0.05) is 30.3 Å². The van der Waals surface area contributed by atoms with Crippen LogP contribution in [0, 0.1) is 5.92 Å². The summed E-state index contributed by atoms with van der Waals surface area (Å²) in [6, 6.07) is 16.0. The number of hydrogen-bond acceptors (Lipinski definition) is 6. The molecule has 5 rings (SSSR count). The number of rotatable bonds is 7. The average molecular weight is 485 g/mol. The van der Waals surface area contributed by atoms with Crippen LogP contribution < -0.4 is 15.5 Å². The fraction of sp³-hybridized carbons (Fsp3) is 0.357. The SMILES string of the molecule is CN(C)c1nc(N[C@H]2CC[C@@H](CNC(=O)C(=O)c3cn(C)c4ccccc34)CC2)nc2ccccc12. The predicted molar refractivity (Wildman–Crippen MR) is 143 cm³/mol. The molecule has 0 spiro atoms. The second-order valence-electron chi connectivity index (χ2n) is 9.85. The Balaban J connectivity index is 1.16. The van der Waals surface area contributed by atoms with Crippen molar-refractivity contribution in [3.8, 4) is 0 Å². The van der Waals surface area contributed by atoms with E-state index >= 15 is 0 Å². The normalized spacial score (nSPS) is 17.8. The van der Waals surface area contributed by atoms with E-state index in [-0.39, 0.29) is 6.04 Å². The molecule has 36 heavy (non-hydrogen) atoms. The number of nitrogens with one attached hydrogen (secondary N) is 2. The first-order chi connectivity index (χ1) is 17.4. The van der Waals surface area contributed by atoms with Crippen LogP contribution in [0.4, 0.5) is 11.8 Å². The molecule has 1 aliphatic rings. The Morgan fingerprint density at radius 2 is 1.67 bits per heavy atom. The fourth-order valence-corrected chi connectivity index (χ4v) is 5.12. The number of hydrogen-bond donors (Lipinski definition) is 2. The van der Waals surface area contributed by atoms with E-state index in [4.69, 9.17) is 9.97 Å². The summed E-state index contributed by atoms with van der Waals surface area (Å²) in [6.45, 7) is 0.513. The minimum Gasteiger partial charge on any atom is -0.362 e. The van der Waals surface area contributed by atoms with Crippen LogP contribution in [0.2, 0.25) is 0 Å². The molecular formula is C28H32N6O2.